The molecule has 31 heavy (non-hydrogen) atoms. The highest BCUT2D eigenvalue weighted by Gasteiger charge is 2.24. The number of aromatic nitrogens is 1. The molecule has 2 aromatic carbocycles. The number of methoxy groups -OCH3 is 1. The van der Waals surface area contributed by atoms with Crippen LogP contribution < -0.4 is 10.1 Å². The van der Waals surface area contributed by atoms with Gasteiger partial charge in [-0.2, -0.15) is 0 Å². The quantitative estimate of drug-likeness (QED) is 0.458. The van der Waals surface area contributed by atoms with Crippen LogP contribution in [0, 0.1) is 17.0 Å². The van der Waals surface area contributed by atoms with E-state index in [2.05, 4.69) is 27.5 Å². The van der Waals surface area contributed by atoms with Gasteiger partial charge in [0.05, 0.1) is 24.3 Å². The first kappa shape index (κ1) is 20.9. The number of non-ortho nitro benzene ring substituents is 1. The normalized spacial score (nSPS) is 15.2. The smallest absolute Gasteiger partial charge is 0.271 e. The Balaban J connectivity index is 1.36. The molecule has 3 aromatic rings. The number of nitrogens with one attached hydrogen (secondary N) is 2. The summed E-state index contributed by atoms with van der Waals surface area (Å²) in [4.78, 5) is 28.5. The lowest BCUT2D eigenvalue weighted by molar-refractivity contribution is -0.384. The number of benzene rings is 2. The molecule has 2 N–H and O–H groups in total. The van der Waals surface area contributed by atoms with Crippen molar-refractivity contribution in [2.24, 2.45) is 0 Å². The topological polar surface area (TPSA) is 100 Å². The summed E-state index contributed by atoms with van der Waals surface area (Å²) in [5, 5.41) is 15.0. The zero-order chi connectivity index (χ0) is 22.0. The third-order valence-corrected chi connectivity index (χ3v) is 6.02. The number of fused-ring (bicyclic) bond motifs is 1. The van der Waals surface area contributed by atoms with Gasteiger partial charge in [0.25, 0.3) is 5.69 Å². The molecule has 8 nitrogen and oxygen atoms in total. The zero-order valence-corrected chi connectivity index (χ0v) is 17.7. The van der Waals surface area contributed by atoms with Crippen molar-refractivity contribution in [1.29, 1.82) is 0 Å². The van der Waals surface area contributed by atoms with E-state index in [1.165, 1.54) is 23.1 Å². The number of anilines is 1. The lowest BCUT2D eigenvalue weighted by atomic mass is 9.89. The van der Waals surface area contributed by atoms with Gasteiger partial charge < -0.3 is 15.0 Å². The minimum absolute atomic E-state index is 0.0305. The third-order valence-electron chi connectivity index (χ3n) is 6.02. The van der Waals surface area contributed by atoms with Crippen LogP contribution >= 0.6 is 0 Å². The largest absolute Gasteiger partial charge is 0.497 e. The van der Waals surface area contributed by atoms with Gasteiger partial charge in [-0.3, -0.25) is 19.8 Å². The number of aromatic amines is 1. The van der Waals surface area contributed by atoms with E-state index in [9.17, 15) is 14.9 Å². The van der Waals surface area contributed by atoms with Crippen LogP contribution in [-0.2, 0) is 4.79 Å². The molecule has 1 saturated heterocycles. The molecule has 0 aliphatic carbocycles. The molecule has 1 amide bonds. The third kappa shape index (κ3) is 4.54. The van der Waals surface area contributed by atoms with Crippen LogP contribution in [0.3, 0.4) is 0 Å². The molecular formula is C23H26N4O4. The van der Waals surface area contributed by atoms with Crippen molar-refractivity contribution in [3.8, 4) is 5.75 Å². The Morgan fingerprint density at radius 1 is 1.26 bits per heavy atom. The standard InChI is InChI=1S/C23H26N4O4/c1-15-3-4-17(27(29)30)11-22(15)25-23(28)14-26-9-7-16(8-10-26)20-13-24-21-6-5-18(31-2)12-19(20)21/h3-6,11-13,16,24H,7-10,14H2,1-2H3,(H,25,28). The van der Waals surface area contributed by atoms with Crippen molar-refractivity contribution < 1.29 is 14.5 Å². The lowest BCUT2D eigenvalue weighted by Crippen LogP contribution is -2.38. The number of rotatable bonds is 6. The maximum Gasteiger partial charge on any atom is 0.271 e. The Morgan fingerprint density at radius 3 is 2.74 bits per heavy atom. The first-order chi connectivity index (χ1) is 14.9. The monoisotopic (exact) mass is 422 g/mol. The van der Waals surface area contributed by atoms with E-state index in [1.54, 1.807) is 13.2 Å². The SMILES string of the molecule is COc1ccc2[nH]cc(C3CCN(CC(=O)Nc4cc([N+](=O)[O-])ccc4C)CC3)c2c1. The van der Waals surface area contributed by atoms with Crippen LogP contribution in [0.4, 0.5) is 11.4 Å². The number of H-pyrrole nitrogens is 1. The highest BCUT2D eigenvalue weighted by atomic mass is 16.6. The van der Waals surface area contributed by atoms with Gasteiger partial charge in [-0.05, 0) is 68.1 Å². The van der Waals surface area contributed by atoms with Gasteiger partial charge in [0.15, 0.2) is 0 Å². The second kappa shape index (κ2) is 8.77. The number of likely N-dealkylation sites (tertiary alicyclic amines) is 1. The van der Waals surface area contributed by atoms with Crippen molar-refractivity contribution in [2.75, 3.05) is 32.1 Å². The van der Waals surface area contributed by atoms with E-state index < -0.39 is 4.92 Å². The van der Waals surface area contributed by atoms with Gasteiger partial charge in [0.1, 0.15) is 5.75 Å². The number of hydrogen-bond acceptors (Lipinski definition) is 5. The van der Waals surface area contributed by atoms with E-state index in [1.807, 2.05) is 19.1 Å². The molecule has 1 aliphatic rings. The van der Waals surface area contributed by atoms with Gasteiger partial charge in [-0.15, -0.1) is 0 Å². The summed E-state index contributed by atoms with van der Waals surface area (Å²) < 4.78 is 5.37. The number of carbonyl (C=O) groups is 1. The average molecular weight is 422 g/mol. The van der Waals surface area contributed by atoms with Crippen LogP contribution in [0.15, 0.2) is 42.6 Å². The molecule has 0 unspecified atom stereocenters. The van der Waals surface area contributed by atoms with Gasteiger partial charge in [-0.1, -0.05) is 6.07 Å². The lowest BCUT2D eigenvalue weighted by Gasteiger charge is -2.31. The predicted molar refractivity (Wildman–Crippen MR) is 120 cm³/mol. The number of piperidine rings is 1. The van der Waals surface area contributed by atoms with E-state index in [-0.39, 0.29) is 18.1 Å². The molecule has 0 spiro atoms. The van der Waals surface area contributed by atoms with Gasteiger partial charge in [0, 0.05) is 29.2 Å². The summed E-state index contributed by atoms with van der Waals surface area (Å²) in [6.45, 7) is 3.74. The van der Waals surface area contributed by atoms with Crippen LogP contribution in [0.1, 0.15) is 29.9 Å². The summed E-state index contributed by atoms with van der Waals surface area (Å²) in [7, 11) is 1.67. The second-order valence-electron chi connectivity index (χ2n) is 8.01. The molecule has 4 rings (SSSR count). The molecule has 0 bridgehead atoms. The summed E-state index contributed by atoms with van der Waals surface area (Å²) in [5.41, 5.74) is 3.65. The summed E-state index contributed by atoms with van der Waals surface area (Å²) in [6.07, 6.45) is 4.02. The van der Waals surface area contributed by atoms with Gasteiger partial charge >= 0.3 is 0 Å². The molecule has 2 heterocycles. The molecule has 162 valence electrons. The number of ether oxygens (including phenoxy) is 1. The zero-order valence-electron chi connectivity index (χ0n) is 17.7. The molecule has 1 fully saturated rings. The Labute approximate surface area is 180 Å². The number of amides is 1. The Bertz CT molecular complexity index is 1120. The number of carbonyl (C=O) groups excluding carboxylic acids is 1. The highest BCUT2D eigenvalue weighted by molar-refractivity contribution is 5.93. The number of nitro benzene ring substituents is 1. The van der Waals surface area contributed by atoms with Crippen molar-refractivity contribution in [3.05, 3.63) is 63.8 Å². The number of nitrogens with zero attached hydrogens (tertiary/aromatic N) is 2. The summed E-state index contributed by atoms with van der Waals surface area (Å²) >= 11 is 0. The van der Waals surface area contributed by atoms with E-state index in [0.29, 0.717) is 11.6 Å². The molecule has 0 saturated carbocycles. The van der Waals surface area contributed by atoms with Crippen LogP contribution in [0.2, 0.25) is 0 Å². The summed E-state index contributed by atoms with van der Waals surface area (Å²) in [6, 6.07) is 10.6. The highest BCUT2D eigenvalue weighted by Crippen LogP contribution is 2.34. The van der Waals surface area contributed by atoms with Gasteiger partial charge in [-0.25, -0.2) is 0 Å². The number of hydrogen-bond donors (Lipinski definition) is 2. The molecule has 8 heteroatoms. The van der Waals surface area contributed by atoms with Crippen LogP contribution in [-0.4, -0.2) is 47.5 Å². The predicted octanol–water partition coefficient (Wildman–Crippen LogP) is 4.21. The van der Waals surface area contributed by atoms with Crippen molar-refractivity contribution in [2.45, 2.75) is 25.7 Å². The van der Waals surface area contributed by atoms with Crippen molar-refractivity contribution in [1.82, 2.24) is 9.88 Å². The van der Waals surface area contributed by atoms with Crippen LogP contribution in [0.5, 0.6) is 5.75 Å². The maximum atomic E-state index is 12.5. The fourth-order valence-electron chi connectivity index (χ4n) is 4.24. The van der Waals surface area contributed by atoms with Crippen LogP contribution in [0.25, 0.3) is 10.9 Å². The Hall–Kier alpha value is -3.39. The van der Waals surface area contributed by atoms with E-state index in [0.717, 1.165) is 42.8 Å². The Kier molecular flexibility index (Phi) is 5.90. The fourth-order valence-corrected chi connectivity index (χ4v) is 4.24. The first-order valence-corrected chi connectivity index (χ1v) is 10.4. The minimum Gasteiger partial charge on any atom is -0.497 e. The first-order valence-electron chi connectivity index (χ1n) is 10.4. The average Bonchev–Trinajstić information content (AvgIpc) is 3.18. The minimum atomic E-state index is -0.458. The molecule has 1 aliphatic heterocycles. The van der Waals surface area contributed by atoms with E-state index >= 15 is 0 Å². The van der Waals surface area contributed by atoms with E-state index in [4.69, 9.17) is 4.74 Å². The second-order valence-corrected chi connectivity index (χ2v) is 8.01. The Morgan fingerprint density at radius 2 is 2.03 bits per heavy atom. The molecule has 1 aromatic heterocycles. The maximum absolute atomic E-state index is 12.5. The van der Waals surface area contributed by atoms with Gasteiger partial charge in [0.2, 0.25) is 5.91 Å². The molecule has 0 radical (unpaired) electrons. The number of nitro groups is 1. The molecule has 0 atom stereocenters. The number of aryl methyl sites for hydroxylation is 1. The summed E-state index contributed by atoms with van der Waals surface area (Å²) in [5.74, 6) is 1.12. The van der Waals surface area contributed by atoms with Crippen molar-refractivity contribution >= 4 is 28.2 Å². The molecular weight excluding hydrogens is 396 g/mol. The van der Waals surface area contributed by atoms with Crippen molar-refractivity contribution in [3.63, 3.8) is 0 Å². The fraction of sp³-hybridized carbons (Fsp3) is 0.348.